The van der Waals surface area contributed by atoms with Gasteiger partial charge < -0.3 is 10.7 Å². The van der Waals surface area contributed by atoms with Gasteiger partial charge in [-0.15, -0.1) is 0 Å². The molecule has 96 valence electrons. The molecule has 0 atom stereocenters. The van der Waals surface area contributed by atoms with E-state index >= 15 is 0 Å². The van der Waals surface area contributed by atoms with E-state index in [0.717, 1.165) is 18.2 Å². The summed E-state index contributed by atoms with van der Waals surface area (Å²) < 4.78 is 26.9. The first-order chi connectivity index (χ1) is 9.04. The number of nitrogens with two attached hydrogens (primary N) is 1. The van der Waals surface area contributed by atoms with Gasteiger partial charge in [-0.1, -0.05) is 11.6 Å². The summed E-state index contributed by atoms with van der Waals surface area (Å²) >= 11 is 5.87. The van der Waals surface area contributed by atoms with Gasteiger partial charge in [-0.25, -0.2) is 13.8 Å². The van der Waals surface area contributed by atoms with Crippen molar-refractivity contribution in [3.8, 4) is 11.4 Å². The zero-order valence-electron chi connectivity index (χ0n) is 9.55. The molecular weight excluding hydrogens is 272 g/mol. The van der Waals surface area contributed by atoms with Gasteiger partial charge in [-0.05, 0) is 30.3 Å². The monoisotopic (exact) mass is 279 g/mol. The number of H-pyrrole nitrogens is 1. The number of anilines is 1. The first-order valence-electron chi connectivity index (χ1n) is 5.45. The highest BCUT2D eigenvalue weighted by Gasteiger charge is 2.13. The number of nitrogens with zero attached hydrogens (tertiary/aromatic N) is 1. The van der Waals surface area contributed by atoms with Crippen LogP contribution >= 0.6 is 11.6 Å². The van der Waals surface area contributed by atoms with Gasteiger partial charge in [0, 0.05) is 5.02 Å². The largest absolute Gasteiger partial charge is 0.397 e. The third-order valence-electron chi connectivity index (χ3n) is 2.76. The Morgan fingerprint density at radius 1 is 1.16 bits per heavy atom. The van der Waals surface area contributed by atoms with Crippen molar-refractivity contribution in [1.82, 2.24) is 9.97 Å². The molecule has 0 saturated carbocycles. The SMILES string of the molecule is Nc1cc(Cl)cc2[nH]c(-c3cc(F)ccc3F)nc12. The summed E-state index contributed by atoms with van der Waals surface area (Å²) in [7, 11) is 0. The van der Waals surface area contributed by atoms with Crippen molar-refractivity contribution in [2.24, 2.45) is 0 Å². The summed E-state index contributed by atoms with van der Waals surface area (Å²) in [4.78, 5) is 7.06. The summed E-state index contributed by atoms with van der Waals surface area (Å²) in [5.74, 6) is -0.894. The minimum atomic E-state index is -0.565. The van der Waals surface area contributed by atoms with Crippen LogP contribution in [0.3, 0.4) is 0 Å². The van der Waals surface area contributed by atoms with Crippen LogP contribution in [-0.4, -0.2) is 9.97 Å². The van der Waals surface area contributed by atoms with Crippen LogP contribution in [0.5, 0.6) is 0 Å². The van der Waals surface area contributed by atoms with Crippen molar-refractivity contribution >= 4 is 28.3 Å². The minimum Gasteiger partial charge on any atom is -0.397 e. The van der Waals surface area contributed by atoms with Gasteiger partial charge in [0.2, 0.25) is 0 Å². The van der Waals surface area contributed by atoms with E-state index in [1.165, 1.54) is 0 Å². The number of nitrogens with one attached hydrogen (secondary N) is 1. The fourth-order valence-electron chi connectivity index (χ4n) is 1.91. The molecule has 0 spiro atoms. The van der Waals surface area contributed by atoms with Crippen LogP contribution in [-0.2, 0) is 0 Å². The van der Waals surface area contributed by atoms with Gasteiger partial charge in [0.1, 0.15) is 23.0 Å². The Morgan fingerprint density at radius 2 is 1.95 bits per heavy atom. The van der Waals surface area contributed by atoms with Crippen molar-refractivity contribution < 1.29 is 8.78 Å². The molecule has 3 N–H and O–H groups in total. The zero-order chi connectivity index (χ0) is 13.6. The van der Waals surface area contributed by atoms with Crippen LogP contribution in [0.1, 0.15) is 0 Å². The van der Waals surface area contributed by atoms with Crippen molar-refractivity contribution in [2.75, 3.05) is 5.73 Å². The molecule has 0 unspecified atom stereocenters. The highest BCUT2D eigenvalue weighted by Crippen LogP contribution is 2.28. The van der Waals surface area contributed by atoms with Crippen molar-refractivity contribution in [2.45, 2.75) is 0 Å². The molecule has 0 bridgehead atoms. The Kier molecular flexibility index (Phi) is 2.64. The van der Waals surface area contributed by atoms with Gasteiger partial charge in [0.15, 0.2) is 0 Å². The van der Waals surface area contributed by atoms with Crippen molar-refractivity contribution in [3.63, 3.8) is 0 Å². The van der Waals surface area contributed by atoms with Crippen LogP contribution in [0.15, 0.2) is 30.3 Å². The van der Waals surface area contributed by atoms with Gasteiger partial charge in [-0.2, -0.15) is 0 Å². The molecule has 3 aromatic rings. The van der Waals surface area contributed by atoms with E-state index in [0.29, 0.717) is 21.7 Å². The molecule has 3 rings (SSSR count). The van der Waals surface area contributed by atoms with Crippen LogP contribution < -0.4 is 5.73 Å². The average Bonchev–Trinajstić information content (AvgIpc) is 2.76. The topological polar surface area (TPSA) is 54.7 Å². The first-order valence-corrected chi connectivity index (χ1v) is 5.82. The van der Waals surface area contributed by atoms with E-state index in [1.807, 2.05) is 0 Å². The van der Waals surface area contributed by atoms with E-state index in [9.17, 15) is 8.78 Å². The lowest BCUT2D eigenvalue weighted by molar-refractivity contribution is 0.602. The Labute approximate surface area is 112 Å². The molecule has 0 radical (unpaired) electrons. The maximum atomic E-state index is 13.7. The number of fused-ring (bicyclic) bond motifs is 1. The second-order valence-electron chi connectivity index (χ2n) is 4.10. The number of rotatable bonds is 1. The average molecular weight is 280 g/mol. The third-order valence-corrected chi connectivity index (χ3v) is 2.98. The van der Waals surface area contributed by atoms with E-state index in [1.54, 1.807) is 12.1 Å². The predicted octanol–water partition coefficient (Wildman–Crippen LogP) is 3.74. The highest BCUT2D eigenvalue weighted by atomic mass is 35.5. The van der Waals surface area contributed by atoms with Crippen LogP contribution in [0, 0.1) is 11.6 Å². The molecule has 0 aliphatic rings. The Balaban J connectivity index is 2.26. The number of halogens is 3. The molecular formula is C13H8ClF2N3. The van der Waals surface area contributed by atoms with E-state index < -0.39 is 11.6 Å². The second kappa shape index (κ2) is 4.20. The van der Waals surface area contributed by atoms with Gasteiger partial charge in [-0.3, -0.25) is 0 Å². The number of benzene rings is 2. The zero-order valence-corrected chi connectivity index (χ0v) is 10.3. The van der Waals surface area contributed by atoms with E-state index in [2.05, 4.69) is 9.97 Å². The number of aromatic nitrogens is 2. The number of nitrogen functional groups attached to an aromatic ring is 1. The quantitative estimate of drug-likeness (QED) is 0.667. The summed E-state index contributed by atoms with van der Waals surface area (Å²) in [5.41, 5.74) is 7.25. The third kappa shape index (κ3) is 2.02. The normalized spacial score (nSPS) is 11.1. The van der Waals surface area contributed by atoms with Gasteiger partial charge in [0.25, 0.3) is 0 Å². The standard InChI is InChI=1S/C13H8ClF2N3/c14-6-3-10(17)12-11(4-6)18-13(19-12)8-5-7(15)1-2-9(8)16/h1-5H,17H2,(H,18,19). The van der Waals surface area contributed by atoms with Crippen molar-refractivity contribution in [3.05, 3.63) is 47.0 Å². The predicted molar refractivity (Wildman–Crippen MR) is 70.9 cm³/mol. The molecule has 6 heteroatoms. The number of hydrogen-bond acceptors (Lipinski definition) is 2. The molecule has 3 nitrogen and oxygen atoms in total. The van der Waals surface area contributed by atoms with Crippen LogP contribution in [0.4, 0.5) is 14.5 Å². The van der Waals surface area contributed by atoms with Gasteiger partial charge >= 0.3 is 0 Å². The summed E-state index contributed by atoms with van der Waals surface area (Å²) in [6, 6.07) is 6.35. The minimum absolute atomic E-state index is 0.0479. The van der Waals surface area contributed by atoms with E-state index in [4.69, 9.17) is 17.3 Å². The number of hydrogen-bond donors (Lipinski definition) is 2. The fraction of sp³-hybridized carbons (Fsp3) is 0. The Hall–Kier alpha value is -2.14. The lowest BCUT2D eigenvalue weighted by Crippen LogP contribution is -1.88. The van der Waals surface area contributed by atoms with Gasteiger partial charge in [0.05, 0.1) is 16.8 Å². The Morgan fingerprint density at radius 3 is 2.74 bits per heavy atom. The van der Waals surface area contributed by atoms with Crippen LogP contribution in [0.25, 0.3) is 22.4 Å². The molecule has 19 heavy (non-hydrogen) atoms. The smallest absolute Gasteiger partial charge is 0.141 e. The fourth-order valence-corrected chi connectivity index (χ4v) is 2.14. The summed E-state index contributed by atoms with van der Waals surface area (Å²) in [6.45, 7) is 0. The maximum absolute atomic E-state index is 13.7. The lowest BCUT2D eigenvalue weighted by atomic mass is 10.2. The summed E-state index contributed by atoms with van der Waals surface area (Å²) in [6.07, 6.45) is 0. The first kappa shape index (κ1) is 11.9. The molecule has 2 aromatic carbocycles. The second-order valence-corrected chi connectivity index (χ2v) is 4.54. The molecule has 1 aromatic heterocycles. The molecule has 0 fully saturated rings. The molecule has 1 heterocycles. The van der Waals surface area contributed by atoms with Crippen molar-refractivity contribution in [1.29, 1.82) is 0 Å². The molecule has 0 aliphatic heterocycles. The molecule has 0 saturated heterocycles. The maximum Gasteiger partial charge on any atom is 0.141 e. The molecule has 0 aliphatic carbocycles. The van der Waals surface area contributed by atoms with Crippen LogP contribution in [0.2, 0.25) is 5.02 Å². The number of aromatic amines is 1. The number of imidazole rings is 1. The highest BCUT2D eigenvalue weighted by molar-refractivity contribution is 6.31. The molecule has 0 amide bonds. The lowest BCUT2D eigenvalue weighted by Gasteiger charge is -1.98. The van der Waals surface area contributed by atoms with E-state index in [-0.39, 0.29) is 11.4 Å². The summed E-state index contributed by atoms with van der Waals surface area (Å²) in [5, 5.41) is 0.444. The Bertz CT molecular complexity index is 783.